The highest BCUT2D eigenvalue weighted by Crippen LogP contribution is 2.34. The third-order valence-electron chi connectivity index (χ3n) is 3.60. The summed E-state index contributed by atoms with van der Waals surface area (Å²) in [4.78, 5) is 1.81. The first-order chi connectivity index (χ1) is 10.0. The van der Waals surface area contributed by atoms with Crippen LogP contribution in [0.5, 0.6) is 0 Å². The molecule has 0 aliphatic carbocycles. The molecule has 2 atom stereocenters. The summed E-state index contributed by atoms with van der Waals surface area (Å²) in [6.45, 7) is 2.32. The lowest BCUT2D eigenvalue weighted by Crippen LogP contribution is -2.25. The van der Waals surface area contributed by atoms with E-state index in [0.717, 1.165) is 12.1 Å². The van der Waals surface area contributed by atoms with E-state index in [1.54, 1.807) is 6.92 Å². The molecule has 2 heterocycles. The van der Waals surface area contributed by atoms with Crippen LogP contribution in [0.1, 0.15) is 29.8 Å². The molecular weight excluding hydrogens is 280 g/mol. The van der Waals surface area contributed by atoms with Crippen molar-refractivity contribution in [2.24, 2.45) is 0 Å². The minimum absolute atomic E-state index is 0.239. The smallest absolute Gasteiger partial charge is 0.230 e. The number of benzene rings is 1. The Bertz CT molecular complexity index is 647. The van der Waals surface area contributed by atoms with Crippen LogP contribution in [-0.2, 0) is 6.54 Å². The van der Waals surface area contributed by atoms with Crippen LogP contribution in [0.3, 0.4) is 0 Å². The molecule has 1 saturated heterocycles. The second kappa shape index (κ2) is 5.50. The van der Waals surface area contributed by atoms with Gasteiger partial charge in [-0.3, -0.25) is 4.90 Å². The largest absolute Gasteiger partial charge is 0.424 e. The average Bonchev–Trinajstić information content (AvgIpc) is 2.99. The van der Waals surface area contributed by atoms with Crippen LogP contribution in [0.15, 0.2) is 22.6 Å². The van der Waals surface area contributed by atoms with Crippen molar-refractivity contribution in [1.29, 1.82) is 0 Å². The quantitative estimate of drug-likeness (QED) is 0.938. The molecule has 1 aromatic carbocycles. The van der Waals surface area contributed by atoms with Crippen molar-refractivity contribution in [1.82, 2.24) is 15.1 Å². The fourth-order valence-electron chi connectivity index (χ4n) is 2.72. The molecule has 5 nitrogen and oxygen atoms in total. The minimum atomic E-state index is -0.596. The van der Waals surface area contributed by atoms with E-state index < -0.39 is 23.8 Å². The van der Waals surface area contributed by atoms with Gasteiger partial charge in [-0.2, -0.15) is 0 Å². The van der Waals surface area contributed by atoms with Gasteiger partial charge in [0.2, 0.25) is 11.8 Å². The summed E-state index contributed by atoms with van der Waals surface area (Å²) in [5, 5.41) is 17.5. The topological polar surface area (TPSA) is 62.4 Å². The van der Waals surface area contributed by atoms with Crippen molar-refractivity contribution in [3.8, 4) is 0 Å². The van der Waals surface area contributed by atoms with Gasteiger partial charge in [0.25, 0.3) is 0 Å². The molecule has 1 N–H and O–H groups in total. The van der Waals surface area contributed by atoms with Crippen molar-refractivity contribution in [3.05, 3.63) is 47.2 Å². The zero-order valence-corrected chi connectivity index (χ0v) is 11.5. The van der Waals surface area contributed by atoms with Gasteiger partial charge in [0.15, 0.2) is 0 Å². The van der Waals surface area contributed by atoms with Crippen LogP contribution < -0.4 is 0 Å². The van der Waals surface area contributed by atoms with Gasteiger partial charge in [0, 0.05) is 25.1 Å². The number of likely N-dealkylation sites (tertiary alicyclic amines) is 1. The van der Waals surface area contributed by atoms with Crippen LogP contribution >= 0.6 is 0 Å². The Kier molecular flexibility index (Phi) is 3.69. The Morgan fingerprint density at radius 2 is 2.19 bits per heavy atom. The molecule has 1 aliphatic heterocycles. The van der Waals surface area contributed by atoms with Gasteiger partial charge in [-0.15, -0.1) is 10.2 Å². The molecular formula is C14H15F2N3O2. The van der Waals surface area contributed by atoms with Crippen LogP contribution in [0.4, 0.5) is 8.78 Å². The van der Waals surface area contributed by atoms with Crippen LogP contribution in [-0.4, -0.2) is 32.9 Å². The summed E-state index contributed by atoms with van der Waals surface area (Å²) in [5.74, 6) is -0.148. The standard InChI is InChI=1S/C14H15F2N3O2/c1-8-17-18-14(21-8)7-19-6-10(20)5-13(19)11-4-9(15)2-3-12(11)16/h2-4,10,13,20H,5-7H2,1H3/t10-,13+/m1/s1. The van der Waals surface area contributed by atoms with Crippen LogP contribution in [0.25, 0.3) is 0 Å². The van der Waals surface area contributed by atoms with Gasteiger partial charge < -0.3 is 9.52 Å². The van der Waals surface area contributed by atoms with Crippen molar-refractivity contribution in [3.63, 3.8) is 0 Å². The molecule has 0 radical (unpaired) electrons. The van der Waals surface area contributed by atoms with Crippen molar-refractivity contribution < 1.29 is 18.3 Å². The number of rotatable bonds is 3. The first kappa shape index (κ1) is 14.1. The molecule has 0 spiro atoms. The normalized spacial score (nSPS) is 22.9. The molecule has 1 fully saturated rings. The number of β-amino-alcohol motifs (C(OH)–C–C–N with tert-alkyl or cyclic N) is 1. The fraction of sp³-hybridized carbons (Fsp3) is 0.429. The van der Waals surface area contributed by atoms with E-state index in [1.807, 2.05) is 4.90 Å². The van der Waals surface area contributed by atoms with E-state index in [0.29, 0.717) is 31.3 Å². The van der Waals surface area contributed by atoms with Crippen LogP contribution in [0, 0.1) is 18.6 Å². The lowest BCUT2D eigenvalue weighted by molar-refractivity contribution is 0.166. The van der Waals surface area contributed by atoms with Crippen molar-refractivity contribution >= 4 is 0 Å². The zero-order valence-electron chi connectivity index (χ0n) is 11.5. The molecule has 0 unspecified atom stereocenters. The van der Waals surface area contributed by atoms with Crippen molar-refractivity contribution in [2.45, 2.75) is 32.0 Å². The predicted octanol–water partition coefficient (Wildman–Crippen LogP) is 1.96. The Hall–Kier alpha value is -1.86. The van der Waals surface area contributed by atoms with E-state index >= 15 is 0 Å². The average molecular weight is 295 g/mol. The second-order valence-corrected chi connectivity index (χ2v) is 5.22. The highest BCUT2D eigenvalue weighted by Gasteiger charge is 2.34. The maximum absolute atomic E-state index is 13.9. The maximum atomic E-state index is 13.9. The monoisotopic (exact) mass is 295 g/mol. The minimum Gasteiger partial charge on any atom is -0.424 e. The van der Waals surface area contributed by atoms with Gasteiger partial charge in [-0.25, -0.2) is 8.78 Å². The Balaban J connectivity index is 1.86. The fourth-order valence-corrected chi connectivity index (χ4v) is 2.72. The first-order valence-electron chi connectivity index (χ1n) is 6.69. The summed E-state index contributed by atoms with van der Waals surface area (Å²) in [6.07, 6.45) is -0.255. The summed E-state index contributed by atoms with van der Waals surface area (Å²) in [7, 11) is 0. The van der Waals surface area contributed by atoms with Gasteiger partial charge in [0.1, 0.15) is 11.6 Å². The molecule has 7 heteroatoms. The third-order valence-corrected chi connectivity index (χ3v) is 3.60. The van der Waals surface area contributed by atoms with Crippen molar-refractivity contribution in [2.75, 3.05) is 6.54 Å². The van der Waals surface area contributed by atoms with Gasteiger partial charge >= 0.3 is 0 Å². The van der Waals surface area contributed by atoms with E-state index in [4.69, 9.17) is 4.42 Å². The Labute approximate surface area is 120 Å². The lowest BCUT2D eigenvalue weighted by atomic mass is 10.0. The molecule has 112 valence electrons. The lowest BCUT2D eigenvalue weighted by Gasteiger charge is -2.23. The molecule has 0 bridgehead atoms. The molecule has 3 rings (SSSR count). The second-order valence-electron chi connectivity index (χ2n) is 5.22. The highest BCUT2D eigenvalue weighted by atomic mass is 19.1. The molecule has 21 heavy (non-hydrogen) atoms. The number of aliphatic hydroxyl groups is 1. The Morgan fingerprint density at radius 1 is 1.38 bits per heavy atom. The molecule has 0 amide bonds. The number of hydrogen-bond donors (Lipinski definition) is 1. The SMILES string of the molecule is Cc1nnc(CN2C[C@H](O)C[C@H]2c2cc(F)ccc2F)o1. The molecule has 1 aliphatic rings. The number of aromatic nitrogens is 2. The maximum Gasteiger partial charge on any atom is 0.230 e. The summed E-state index contributed by atoms with van der Waals surface area (Å²) in [6, 6.07) is 2.94. The third kappa shape index (κ3) is 2.93. The van der Waals surface area contributed by atoms with Gasteiger partial charge in [0.05, 0.1) is 12.6 Å². The van der Waals surface area contributed by atoms with E-state index in [-0.39, 0.29) is 5.56 Å². The molecule has 1 aromatic heterocycles. The van der Waals surface area contributed by atoms with E-state index in [1.165, 1.54) is 6.07 Å². The predicted molar refractivity (Wildman–Crippen MR) is 69.2 cm³/mol. The highest BCUT2D eigenvalue weighted by molar-refractivity contribution is 5.24. The van der Waals surface area contributed by atoms with E-state index in [9.17, 15) is 13.9 Å². The Morgan fingerprint density at radius 3 is 2.90 bits per heavy atom. The number of nitrogens with zero attached hydrogens (tertiary/aromatic N) is 3. The summed E-state index contributed by atoms with van der Waals surface area (Å²) >= 11 is 0. The number of aliphatic hydroxyl groups excluding tert-OH is 1. The summed E-state index contributed by atoms with van der Waals surface area (Å²) < 4.78 is 32.6. The number of hydrogen-bond acceptors (Lipinski definition) is 5. The summed E-state index contributed by atoms with van der Waals surface area (Å²) in [5.41, 5.74) is 0.239. The number of halogens is 2. The first-order valence-corrected chi connectivity index (χ1v) is 6.69. The van der Waals surface area contributed by atoms with E-state index in [2.05, 4.69) is 10.2 Å². The molecule has 0 saturated carbocycles. The number of aryl methyl sites for hydroxylation is 1. The molecule has 2 aromatic rings. The van der Waals surface area contributed by atoms with Crippen LogP contribution in [0.2, 0.25) is 0 Å². The van der Waals surface area contributed by atoms with Gasteiger partial charge in [-0.05, 0) is 24.6 Å². The zero-order chi connectivity index (χ0) is 15.0. The van der Waals surface area contributed by atoms with Gasteiger partial charge in [-0.1, -0.05) is 0 Å².